The summed E-state index contributed by atoms with van der Waals surface area (Å²) in [6.45, 7) is 3.36. The molecule has 0 rings (SSSR count). The van der Waals surface area contributed by atoms with Crippen molar-refractivity contribution in [1.29, 1.82) is 5.41 Å². The van der Waals surface area contributed by atoms with E-state index in [2.05, 4.69) is 5.87 Å². The van der Waals surface area contributed by atoms with Crippen molar-refractivity contribution in [3.63, 3.8) is 0 Å². The molecule has 52 valence electrons. The maximum Gasteiger partial charge on any atom is 0.303 e. The number of allylic oxidation sites excluding steroid dienone is 1. The van der Waals surface area contributed by atoms with Gasteiger partial charge in [-0.3, -0.25) is 10.2 Å². The standard InChI is InChI=1S/C3H5N.C3H6O2/c1-2-3-4;1-2-3(4)5/h2,4H,1H3;2H2,1H3,(H,4,5). The highest BCUT2D eigenvalue weighted by molar-refractivity contribution is 5.66. The maximum absolute atomic E-state index is 9.37. The van der Waals surface area contributed by atoms with Crippen LogP contribution in [0.4, 0.5) is 0 Å². The molecule has 0 heterocycles. The molecule has 9 heavy (non-hydrogen) atoms. The normalized spacial score (nSPS) is 6.00. The molecular formula is C6H11NO2. The van der Waals surface area contributed by atoms with Crippen LogP contribution in [0.3, 0.4) is 0 Å². The number of hydrogen-bond acceptors (Lipinski definition) is 2. The number of carboxylic acids is 1. The lowest BCUT2D eigenvalue weighted by Crippen LogP contribution is -1.86. The minimum atomic E-state index is -0.745. The van der Waals surface area contributed by atoms with Crippen molar-refractivity contribution < 1.29 is 9.90 Å². The molecule has 3 heteroatoms. The molecule has 0 aliphatic heterocycles. The van der Waals surface area contributed by atoms with Crippen molar-refractivity contribution in [2.24, 2.45) is 0 Å². The molecule has 0 bridgehead atoms. The van der Waals surface area contributed by atoms with Gasteiger partial charge in [-0.2, -0.15) is 0 Å². The van der Waals surface area contributed by atoms with Crippen LogP contribution < -0.4 is 0 Å². The van der Waals surface area contributed by atoms with E-state index < -0.39 is 5.97 Å². The number of aliphatic carboxylic acids is 1. The SMILES string of the molecule is CC=C=N.CCC(=O)O. The first-order chi connectivity index (χ1) is 4.18. The average molecular weight is 129 g/mol. The van der Waals surface area contributed by atoms with Crippen LogP contribution in [0.25, 0.3) is 0 Å². The van der Waals surface area contributed by atoms with Gasteiger partial charge in [-0.05, 0) is 18.9 Å². The Labute approximate surface area is 54.5 Å². The van der Waals surface area contributed by atoms with Crippen LogP contribution in [0.15, 0.2) is 6.08 Å². The van der Waals surface area contributed by atoms with Crippen molar-refractivity contribution in [2.75, 3.05) is 0 Å². The van der Waals surface area contributed by atoms with Crippen LogP contribution in [0.1, 0.15) is 20.3 Å². The largest absolute Gasteiger partial charge is 0.481 e. The van der Waals surface area contributed by atoms with Gasteiger partial charge < -0.3 is 5.11 Å². The summed E-state index contributed by atoms with van der Waals surface area (Å²) in [7, 11) is 0. The number of carboxylic acid groups (broad SMARTS) is 1. The summed E-state index contributed by atoms with van der Waals surface area (Å²) >= 11 is 0. The van der Waals surface area contributed by atoms with Gasteiger partial charge in [0.05, 0.1) is 0 Å². The highest BCUT2D eigenvalue weighted by Crippen LogP contribution is 1.67. The minimum absolute atomic E-state index is 0.222. The number of carbonyl (C=O) groups is 1. The Hall–Kier alpha value is -1.08. The van der Waals surface area contributed by atoms with E-state index >= 15 is 0 Å². The lowest BCUT2D eigenvalue weighted by Gasteiger charge is -1.71. The quantitative estimate of drug-likeness (QED) is 0.524. The summed E-state index contributed by atoms with van der Waals surface area (Å²) in [4.78, 5) is 9.37. The Morgan fingerprint density at radius 3 is 2.11 bits per heavy atom. The molecular weight excluding hydrogens is 118 g/mol. The molecule has 0 amide bonds. The molecule has 0 saturated carbocycles. The lowest BCUT2D eigenvalue weighted by atomic mass is 10.5. The fourth-order valence-corrected chi connectivity index (χ4v) is 0. The topological polar surface area (TPSA) is 61.2 Å². The Kier molecular flexibility index (Phi) is 12.0. The minimum Gasteiger partial charge on any atom is -0.481 e. The molecule has 3 nitrogen and oxygen atoms in total. The lowest BCUT2D eigenvalue weighted by molar-refractivity contribution is -0.136. The van der Waals surface area contributed by atoms with E-state index in [0.29, 0.717) is 0 Å². The zero-order valence-corrected chi connectivity index (χ0v) is 5.64. The zero-order valence-electron chi connectivity index (χ0n) is 5.64. The van der Waals surface area contributed by atoms with Gasteiger partial charge in [0.15, 0.2) is 0 Å². The van der Waals surface area contributed by atoms with Crippen LogP contribution in [0.5, 0.6) is 0 Å². The summed E-state index contributed by atoms with van der Waals surface area (Å²) in [6, 6.07) is 0. The van der Waals surface area contributed by atoms with E-state index in [4.69, 9.17) is 10.5 Å². The molecule has 0 fully saturated rings. The van der Waals surface area contributed by atoms with Gasteiger partial charge in [-0.1, -0.05) is 6.92 Å². The van der Waals surface area contributed by atoms with Gasteiger partial charge in [0.1, 0.15) is 0 Å². The molecule has 0 saturated heterocycles. The fourth-order valence-electron chi connectivity index (χ4n) is 0. The molecule has 0 aromatic heterocycles. The van der Waals surface area contributed by atoms with E-state index in [1.807, 2.05) is 0 Å². The molecule has 0 atom stereocenters. The van der Waals surface area contributed by atoms with Crippen molar-refractivity contribution >= 4 is 11.8 Å². The van der Waals surface area contributed by atoms with Crippen LogP contribution in [0, 0.1) is 5.41 Å². The summed E-state index contributed by atoms with van der Waals surface area (Å²) in [5, 5.41) is 13.9. The average Bonchev–Trinajstić information content (AvgIpc) is 1.89. The van der Waals surface area contributed by atoms with Crippen molar-refractivity contribution in [1.82, 2.24) is 0 Å². The monoisotopic (exact) mass is 129 g/mol. The fraction of sp³-hybridized carbons (Fsp3) is 0.500. The van der Waals surface area contributed by atoms with Crippen molar-refractivity contribution in [3.8, 4) is 0 Å². The van der Waals surface area contributed by atoms with Gasteiger partial charge >= 0.3 is 5.97 Å². The van der Waals surface area contributed by atoms with Crippen LogP contribution in [0.2, 0.25) is 0 Å². The first-order valence-electron chi connectivity index (χ1n) is 2.60. The zero-order chi connectivity index (χ0) is 7.70. The van der Waals surface area contributed by atoms with Crippen LogP contribution in [-0.2, 0) is 4.79 Å². The van der Waals surface area contributed by atoms with E-state index in [1.54, 1.807) is 19.9 Å². The van der Waals surface area contributed by atoms with E-state index in [9.17, 15) is 4.79 Å². The predicted molar refractivity (Wildman–Crippen MR) is 35.9 cm³/mol. The van der Waals surface area contributed by atoms with Crippen LogP contribution in [-0.4, -0.2) is 16.9 Å². The molecule has 0 aromatic carbocycles. The molecule has 0 aliphatic rings. The molecule has 0 unspecified atom stereocenters. The second kappa shape index (κ2) is 10.0. The summed E-state index contributed by atoms with van der Waals surface area (Å²) in [5.74, 6) is 1.31. The van der Waals surface area contributed by atoms with Gasteiger partial charge in [0.2, 0.25) is 0 Å². The Morgan fingerprint density at radius 2 is 2.11 bits per heavy atom. The third-order valence-corrected chi connectivity index (χ3v) is 0.447. The molecule has 2 N–H and O–H groups in total. The van der Waals surface area contributed by atoms with Crippen molar-refractivity contribution in [2.45, 2.75) is 20.3 Å². The molecule has 0 aliphatic carbocycles. The van der Waals surface area contributed by atoms with E-state index in [0.717, 1.165) is 0 Å². The van der Waals surface area contributed by atoms with Gasteiger partial charge in [-0.15, -0.1) is 0 Å². The van der Waals surface area contributed by atoms with Crippen molar-refractivity contribution in [3.05, 3.63) is 6.08 Å². The number of nitrogens with one attached hydrogen (secondary N) is 1. The number of hydrogen-bond donors (Lipinski definition) is 2. The summed E-state index contributed by atoms with van der Waals surface area (Å²) in [6.07, 6.45) is 1.76. The third kappa shape index (κ3) is 45.4. The second-order valence-corrected chi connectivity index (χ2v) is 1.18. The molecule has 0 radical (unpaired) electrons. The Bertz CT molecular complexity index is 114. The van der Waals surface area contributed by atoms with Gasteiger partial charge in [0, 0.05) is 6.42 Å². The maximum atomic E-state index is 9.37. The smallest absolute Gasteiger partial charge is 0.303 e. The van der Waals surface area contributed by atoms with Gasteiger partial charge in [-0.25, -0.2) is 0 Å². The second-order valence-electron chi connectivity index (χ2n) is 1.18. The van der Waals surface area contributed by atoms with E-state index in [1.165, 1.54) is 0 Å². The first kappa shape index (κ1) is 10.8. The molecule has 0 aromatic rings. The third-order valence-electron chi connectivity index (χ3n) is 0.447. The Balaban J connectivity index is 0. The van der Waals surface area contributed by atoms with Gasteiger partial charge in [0.25, 0.3) is 0 Å². The molecule has 0 spiro atoms. The summed E-state index contributed by atoms with van der Waals surface area (Å²) in [5.41, 5.74) is 0. The first-order valence-corrected chi connectivity index (χ1v) is 2.60. The predicted octanol–water partition coefficient (Wildman–Crippen LogP) is 1.29. The highest BCUT2D eigenvalue weighted by Gasteiger charge is 1.80. The summed E-state index contributed by atoms with van der Waals surface area (Å²) < 4.78 is 0. The Morgan fingerprint density at radius 1 is 1.89 bits per heavy atom. The highest BCUT2D eigenvalue weighted by atomic mass is 16.4. The number of rotatable bonds is 1. The van der Waals surface area contributed by atoms with Crippen LogP contribution >= 0.6 is 0 Å². The van der Waals surface area contributed by atoms with E-state index in [-0.39, 0.29) is 6.42 Å².